The van der Waals surface area contributed by atoms with Gasteiger partial charge in [-0.25, -0.2) is 0 Å². The average molecular weight is 454 g/mol. The number of rotatable bonds is 6. The maximum atomic E-state index is 12.8. The third-order valence-corrected chi connectivity index (χ3v) is 6.46. The Hall–Kier alpha value is -2.27. The highest BCUT2D eigenvalue weighted by molar-refractivity contribution is 9.10. The number of hydrogen-bond donors (Lipinski definition) is 2. The molecule has 2 aromatic carbocycles. The van der Waals surface area contributed by atoms with Crippen molar-refractivity contribution < 1.29 is 4.79 Å². The Morgan fingerprint density at radius 2 is 2.03 bits per heavy atom. The molecule has 2 N–H and O–H groups in total. The SMILES string of the molecule is CCc1c(C(=O)NCCc2ccc(N3CCCC3C)cc2)[nH]c2ccc(Br)cc12. The molecule has 1 aliphatic heterocycles. The fraction of sp³-hybridized carbons (Fsp3) is 0.375. The molecule has 0 saturated carbocycles. The number of benzene rings is 2. The van der Waals surface area contributed by atoms with Crippen LogP contribution in [0, 0.1) is 0 Å². The van der Waals surface area contributed by atoms with E-state index in [2.05, 4.69) is 75.3 Å². The number of aryl methyl sites for hydroxylation is 1. The predicted molar refractivity (Wildman–Crippen MR) is 124 cm³/mol. The fourth-order valence-electron chi connectivity index (χ4n) is 4.36. The predicted octanol–water partition coefficient (Wildman–Crippen LogP) is 5.45. The number of fused-ring (bicyclic) bond motifs is 1. The van der Waals surface area contributed by atoms with Crippen LogP contribution in [-0.4, -0.2) is 30.0 Å². The van der Waals surface area contributed by atoms with Crippen LogP contribution < -0.4 is 10.2 Å². The van der Waals surface area contributed by atoms with Gasteiger partial charge in [0.2, 0.25) is 0 Å². The minimum absolute atomic E-state index is 0.0308. The molecule has 1 saturated heterocycles. The topological polar surface area (TPSA) is 48.1 Å². The largest absolute Gasteiger partial charge is 0.369 e. The molecule has 1 aromatic heterocycles. The van der Waals surface area contributed by atoms with Crippen molar-refractivity contribution in [2.45, 2.75) is 45.6 Å². The summed E-state index contributed by atoms with van der Waals surface area (Å²) in [4.78, 5) is 18.5. The summed E-state index contributed by atoms with van der Waals surface area (Å²) in [6.45, 7) is 6.16. The molecular weight excluding hydrogens is 426 g/mol. The van der Waals surface area contributed by atoms with Gasteiger partial charge in [0.25, 0.3) is 5.91 Å². The minimum Gasteiger partial charge on any atom is -0.369 e. The summed E-state index contributed by atoms with van der Waals surface area (Å²) in [6, 6.07) is 15.5. The summed E-state index contributed by atoms with van der Waals surface area (Å²) in [5.74, 6) is -0.0308. The van der Waals surface area contributed by atoms with Crippen LogP contribution >= 0.6 is 15.9 Å². The van der Waals surface area contributed by atoms with E-state index in [0.29, 0.717) is 18.3 Å². The van der Waals surface area contributed by atoms with Gasteiger partial charge in [-0.05, 0) is 74.1 Å². The normalized spacial score (nSPS) is 16.5. The highest BCUT2D eigenvalue weighted by atomic mass is 79.9. The van der Waals surface area contributed by atoms with Crippen LogP contribution in [0.4, 0.5) is 5.69 Å². The van der Waals surface area contributed by atoms with Gasteiger partial charge in [-0.2, -0.15) is 0 Å². The molecule has 1 aliphatic rings. The van der Waals surface area contributed by atoms with Gasteiger partial charge in [0.05, 0.1) is 0 Å². The molecular formula is C24H28BrN3O. The lowest BCUT2D eigenvalue weighted by Gasteiger charge is -2.23. The highest BCUT2D eigenvalue weighted by Gasteiger charge is 2.20. The van der Waals surface area contributed by atoms with E-state index < -0.39 is 0 Å². The lowest BCUT2D eigenvalue weighted by atomic mass is 10.1. The molecule has 1 atom stereocenters. The monoisotopic (exact) mass is 453 g/mol. The Bertz CT molecular complexity index is 1010. The molecule has 1 fully saturated rings. The molecule has 0 radical (unpaired) electrons. The van der Waals surface area contributed by atoms with Crippen LogP contribution in [0.5, 0.6) is 0 Å². The second-order valence-corrected chi connectivity index (χ2v) is 8.79. The van der Waals surface area contributed by atoms with Gasteiger partial charge in [0.1, 0.15) is 5.69 Å². The number of hydrogen-bond acceptors (Lipinski definition) is 2. The summed E-state index contributed by atoms with van der Waals surface area (Å²) in [5.41, 5.74) is 5.31. The molecule has 29 heavy (non-hydrogen) atoms. The zero-order chi connectivity index (χ0) is 20.4. The Morgan fingerprint density at radius 3 is 2.72 bits per heavy atom. The molecule has 0 aliphatic carbocycles. The summed E-state index contributed by atoms with van der Waals surface area (Å²) < 4.78 is 1.03. The molecule has 4 rings (SSSR count). The first-order valence-electron chi connectivity index (χ1n) is 10.5. The average Bonchev–Trinajstić information content (AvgIpc) is 3.31. The smallest absolute Gasteiger partial charge is 0.268 e. The van der Waals surface area contributed by atoms with Gasteiger partial charge in [0, 0.05) is 40.2 Å². The molecule has 4 nitrogen and oxygen atoms in total. The third kappa shape index (κ3) is 4.20. The first kappa shape index (κ1) is 20.0. The van der Waals surface area contributed by atoms with Crippen LogP contribution in [0.3, 0.4) is 0 Å². The fourth-order valence-corrected chi connectivity index (χ4v) is 4.72. The van der Waals surface area contributed by atoms with E-state index in [4.69, 9.17) is 0 Å². The number of nitrogens with zero attached hydrogens (tertiary/aromatic N) is 1. The lowest BCUT2D eigenvalue weighted by molar-refractivity contribution is 0.0949. The van der Waals surface area contributed by atoms with Crippen molar-refractivity contribution in [2.24, 2.45) is 0 Å². The second kappa shape index (κ2) is 8.62. The van der Waals surface area contributed by atoms with Crippen LogP contribution in [0.25, 0.3) is 10.9 Å². The summed E-state index contributed by atoms with van der Waals surface area (Å²) in [7, 11) is 0. The van der Waals surface area contributed by atoms with E-state index in [1.807, 2.05) is 12.1 Å². The van der Waals surface area contributed by atoms with E-state index >= 15 is 0 Å². The Labute approximate surface area is 180 Å². The first-order valence-corrected chi connectivity index (χ1v) is 11.3. The third-order valence-electron chi connectivity index (χ3n) is 5.97. The molecule has 2 heterocycles. The Balaban J connectivity index is 1.38. The zero-order valence-electron chi connectivity index (χ0n) is 17.1. The van der Waals surface area contributed by atoms with E-state index in [9.17, 15) is 4.79 Å². The zero-order valence-corrected chi connectivity index (χ0v) is 18.7. The van der Waals surface area contributed by atoms with Gasteiger partial charge in [-0.15, -0.1) is 0 Å². The first-order chi connectivity index (χ1) is 14.1. The van der Waals surface area contributed by atoms with Gasteiger partial charge in [0.15, 0.2) is 0 Å². The molecule has 1 amide bonds. The Morgan fingerprint density at radius 1 is 1.24 bits per heavy atom. The number of H-pyrrole nitrogens is 1. The standard InChI is InChI=1S/C24H28BrN3O/c1-3-20-21-15-18(25)8-11-22(21)27-23(20)24(29)26-13-12-17-6-9-19(10-7-17)28-14-4-5-16(28)2/h6-11,15-16,27H,3-5,12-14H2,1-2H3,(H,26,29). The van der Waals surface area contributed by atoms with E-state index in [-0.39, 0.29) is 5.91 Å². The van der Waals surface area contributed by atoms with Gasteiger partial charge in [-0.3, -0.25) is 4.79 Å². The summed E-state index contributed by atoms with van der Waals surface area (Å²) >= 11 is 3.52. The number of nitrogens with one attached hydrogen (secondary N) is 2. The maximum absolute atomic E-state index is 12.8. The maximum Gasteiger partial charge on any atom is 0.268 e. The van der Waals surface area contributed by atoms with Crippen molar-refractivity contribution in [1.29, 1.82) is 0 Å². The van der Waals surface area contributed by atoms with Crippen molar-refractivity contribution in [3.8, 4) is 0 Å². The summed E-state index contributed by atoms with van der Waals surface area (Å²) in [5, 5.41) is 4.19. The van der Waals surface area contributed by atoms with Gasteiger partial charge < -0.3 is 15.2 Å². The van der Waals surface area contributed by atoms with Crippen molar-refractivity contribution in [1.82, 2.24) is 10.3 Å². The summed E-state index contributed by atoms with van der Waals surface area (Å²) in [6.07, 6.45) is 4.20. The van der Waals surface area contributed by atoms with E-state index in [1.54, 1.807) is 0 Å². The van der Waals surface area contributed by atoms with Crippen molar-refractivity contribution in [3.63, 3.8) is 0 Å². The second-order valence-electron chi connectivity index (χ2n) is 7.88. The Kier molecular flexibility index (Phi) is 5.95. The number of aromatic amines is 1. The van der Waals surface area contributed by atoms with E-state index in [1.165, 1.54) is 24.1 Å². The minimum atomic E-state index is -0.0308. The number of anilines is 1. The number of aromatic nitrogens is 1. The number of carbonyl (C=O) groups excluding carboxylic acids is 1. The molecule has 5 heteroatoms. The lowest BCUT2D eigenvalue weighted by Crippen LogP contribution is -2.27. The van der Waals surface area contributed by atoms with Gasteiger partial charge >= 0.3 is 0 Å². The van der Waals surface area contributed by atoms with Crippen LogP contribution in [0.1, 0.15) is 48.3 Å². The molecule has 152 valence electrons. The van der Waals surface area contributed by atoms with E-state index in [0.717, 1.165) is 40.3 Å². The number of halogens is 1. The number of carbonyl (C=O) groups is 1. The van der Waals surface area contributed by atoms with Crippen molar-refractivity contribution in [2.75, 3.05) is 18.0 Å². The van der Waals surface area contributed by atoms with Gasteiger partial charge in [-0.1, -0.05) is 35.0 Å². The van der Waals surface area contributed by atoms with Crippen molar-refractivity contribution in [3.05, 3.63) is 63.8 Å². The van der Waals surface area contributed by atoms with Crippen LogP contribution in [0.2, 0.25) is 0 Å². The van der Waals surface area contributed by atoms with Crippen molar-refractivity contribution >= 4 is 38.4 Å². The highest BCUT2D eigenvalue weighted by Crippen LogP contribution is 2.27. The quantitative estimate of drug-likeness (QED) is 0.520. The molecule has 3 aromatic rings. The molecule has 0 bridgehead atoms. The van der Waals surface area contributed by atoms with Crippen LogP contribution in [0.15, 0.2) is 46.9 Å². The number of amides is 1. The molecule has 1 unspecified atom stereocenters. The molecule has 0 spiro atoms. The van der Waals surface area contributed by atoms with Crippen LogP contribution in [-0.2, 0) is 12.8 Å².